The summed E-state index contributed by atoms with van der Waals surface area (Å²) in [5.74, 6) is -1.34. The Kier molecular flexibility index (Phi) is 8.49. The zero-order valence-corrected chi connectivity index (χ0v) is 19.3. The van der Waals surface area contributed by atoms with Crippen molar-refractivity contribution in [2.75, 3.05) is 31.5 Å². The van der Waals surface area contributed by atoms with E-state index in [0.29, 0.717) is 16.6 Å². The average Bonchev–Trinajstić information content (AvgIpc) is 3.34. The van der Waals surface area contributed by atoms with Crippen LogP contribution in [0.2, 0.25) is 0 Å². The van der Waals surface area contributed by atoms with Crippen molar-refractivity contribution in [3.05, 3.63) is 39.6 Å². The van der Waals surface area contributed by atoms with Crippen LogP contribution >= 0.6 is 39.2 Å². The number of thioether (sulfide) groups is 1. The lowest BCUT2D eigenvalue weighted by Gasteiger charge is -2.14. The summed E-state index contributed by atoms with van der Waals surface area (Å²) in [7, 11) is 0. The van der Waals surface area contributed by atoms with Crippen LogP contribution in [0.1, 0.15) is 35.2 Å². The molecule has 0 spiro atoms. The maximum absolute atomic E-state index is 14.0. The first kappa shape index (κ1) is 23.0. The van der Waals surface area contributed by atoms with Gasteiger partial charge in [0, 0.05) is 16.8 Å². The van der Waals surface area contributed by atoms with Crippen molar-refractivity contribution in [3.8, 4) is 0 Å². The van der Waals surface area contributed by atoms with E-state index in [9.17, 15) is 19.1 Å². The van der Waals surface area contributed by atoms with Crippen molar-refractivity contribution < 1.29 is 19.1 Å². The Labute approximate surface area is 190 Å². The van der Waals surface area contributed by atoms with E-state index >= 15 is 0 Å². The van der Waals surface area contributed by atoms with Crippen molar-refractivity contribution >= 4 is 56.2 Å². The second-order valence-corrected chi connectivity index (χ2v) is 9.46. The van der Waals surface area contributed by atoms with Crippen molar-refractivity contribution in [2.24, 2.45) is 0 Å². The zero-order valence-electron chi connectivity index (χ0n) is 16.1. The predicted octanol–water partition coefficient (Wildman–Crippen LogP) is 4.64. The Hall–Kier alpha value is -1.69. The lowest BCUT2D eigenvalue weighted by Crippen LogP contribution is -2.32. The Morgan fingerprint density at radius 2 is 2.10 bits per heavy atom. The van der Waals surface area contributed by atoms with Gasteiger partial charge in [-0.3, -0.25) is 5.32 Å². The molecular formula is C19H22BrFN4O3S2. The number of aromatic carboxylic acids is 1. The standard InChI is InChI=1S/C19H22BrFN4O3S2/c20-13-5-4-12(14(21)10-13)11-29-17-15(18(26)27)16(30-24-17)23-19(28)22-6-3-9-25-7-1-2-8-25/h4-5,10H,1-3,6-9,11H2,(H,26,27)(H2,22,23,28). The molecular weight excluding hydrogens is 495 g/mol. The molecule has 0 aliphatic carbocycles. The summed E-state index contributed by atoms with van der Waals surface area (Å²) in [6, 6.07) is 4.25. The van der Waals surface area contributed by atoms with Crippen LogP contribution in [0.25, 0.3) is 0 Å². The molecule has 7 nitrogen and oxygen atoms in total. The number of halogens is 2. The highest BCUT2D eigenvalue weighted by Gasteiger charge is 2.22. The molecule has 0 radical (unpaired) electrons. The number of amides is 2. The van der Waals surface area contributed by atoms with Gasteiger partial charge in [0.05, 0.1) is 0 Å². The van der Waals surface area contributed by atoms with Crippen LogP contribution in [0.5, 0.6) is 0 Å². The van der Waals surface area contributed by atoms with Gasteiger partial charge in [0.1, 0.15) is 21.4 Å². The van der Waals surface area contributed by atoms with Crippen LogP contribution in [0.15, 0.2) is 27.7 Å². The van der Waals surface area contributed by atoms with Crippen molar-refractivity contribution in [3.63, 3.8) is 0 Å². The molecule has 30 heavy (non-hydrogen) atoms. The minimum atomic E-state index is -1.19. The van der Waals surface area contributed by atoms with Gasteiger partial charge in [0.15, 0.2) is 0 Å². The van der Waals surface area contributed by atoms with Crippen LogP contribution in [0, 0.1) is 5.82 Å². The Balaban J connectivity index is 1.54. The fraction of sp³-hybridized carbons (Fsp3) is 0.421. The molecule has 1 fully saturated rings. The molecule has 2 amide bonds. The third-order valence-corrected chi connectivity index (χ3v) is 7.01. The van der Waals surface area contributed by atoms with Gasteiger partial charge in [-0.05, 0) is 68.1 Å². The van der Waals surface area contributed by atoms with Gasteiger partial charge >= 0.3 is 12.0 Å². The Morgan fingerprint density at radius 1 is 1.33 bits per heavy atom. The van der Waals surface area contributed by atoms with E-state index in [0.717, 1.165) is 49.3 Å². The minimum absolute atomic E-state index is 0.0743. The van der Waals surface area contributed by atoms with E-state index in [2.05, 4.69) is 35.8 Å². The molecule has 0 atom stereocenters. The molecule has 0 unspecified atom stereocenters. The number of urea groups is 1. The number of carbonyl (C=O) groups is 2. The van der Waals surface area contributed by atoms with Crippen LogP contribution in [-0.4, -0.2) is 52.6 Å². The number of carboxylic acid groups (broad SMARTS) is 1. The number of benzene rings is 1. The highest BCUT2D eigenvalue weighted by molar-refractivity contribution is 9.10. The van der Waals surface area contributed by atoms with Crippen molar-refractivity contribution in [1.29, 1.82) is 0 Å². The molecule has 0 saturated carbocycles. The summed E-state index contributed by atoms with van der Waals surface area (Å²) in [5, 5.41) is 15.3. The number of hydrogen-bond donors (Lipinski definition) is 3. The third kappa shape index (κ3) is 6.40. The van der Waals surface area contributed by atoms with Gasteiger partial charge in [-0.15, -0.1) is 0 Å². The van der Waals surface area contributed by atoms with Crippen LogP contribution in [-0.2, 0) is 5.75 Å². The van der Waals surface area contributed by atoms with E-state index in [-0.39, 0.29) is 27.2 Å². The second kappa shape index (κ2) is 11.1. The normalized spacial score (nSPS) is 14.1. The molecule has 3 N–H and O–H groups in total. The van der Waals surface area contributed by atoms with Crippen LogP contribution in [0.4, 0.5) is 14.2 Å². The minimum Gasteiger partial charge on any atom is -0.477 e. The Bertz CT molecular complexity index is 906. The van der Waals surface area contributed by atoms with E-state index in [4.69, 9.17) is 0 Å². The summed E-state index contributed by atoms with van der Waals surface area (Å²) in [5.41, 5.74) is 0.368. The predicted molar refractivity (Wildman–Crippen MR) is 120 cm³/mol. The van der Waals surface area contributed by atoms with Gasteiger partial charge in [0.25, 0.3) is 0 Å². The van der Waals surface area contributed by atoms with Gasteiger partial charge in [-0.2, -0.15) is 4.37 Å². The fourth-order valence-electron chi connectivity index (χ4n) is 3.09. The molecule has 2 aromatic rings. The summed E-state index contributed by atoms with van der Waals surface area (Å²) < 4.78 is 18.8. The molecule has 0 bridgehead atoms. The number of nitrogens with zero attached hydrogens (tertiary/aromatic N) is 2. The first-order valence-electron chi connectivity index (χ1n) is 9.51. The van der Waals surface area contributed by atoms with E-state index in [1.807, 2.05) is 0 Å². The highest BCUT2D eigenvalue weighted by atomic mass is 79.9. The van der Waals surface area contributed by atoms with Gasteiger partial charge < -0.3 is 15.3 Å². The number of rotatable bonds is 9. The lowest BCUT2D eigenvalue weighted by atomic mass is 10.2. The maximum atomic E-state index is 14.0. The number of aromatic nitrogens is 1. The molecule has 11 heteroatoms. The monoisotopic (exact) mass is 516 g/mol. The molecule has 1 aliphatic rings. The molecule has 1 saturated heterocycles. The van der Waals surface area contributed by atoms with E-state index < -0.39 is 12.0 Å². The maximum Gasteiger partial charge on any atom is 0.341 e. The van der Waals surface area contributed by atoms with Gasteiger partial charge in [-0.25, -0.2) is 14.0 Å². The number of carboxylic acids is 1. The van der Waals surface area contributed by atoms with E-state index in [1.54, 1.807) is 12.1 Å². The van der Waals surface area contributed by atoms with Gasteiger partial charge in [-0.1, -0.05) is 33.8 Å². The lowest BCUT2D eigenvalue weighted by molar-refractivity contribution is 0.0694. The van der Waals surface area contributed by atoms with Crippen LogP contribution in [0.3, 0.4) is 0 Å². The van der Waals surface area contributed by atoms with Crippen LogP contribution < -0.4 is 10.6 Å². The third-order valence-electron chi connectivity index (χ3n) is 4.62. The number of carbonyl (C=O) groups excluding carboxylic acids is 1. The first-order chi connectivity index (χ1) is 14.4. The summed E-state index contributed by atoms with van der Waals surface area (Å²) >= 11 is 5.22. The zero-order chi connectivity index (χ0) is 21.5. The molecule has 2 heterocycles. The second-order valence-electron chi connectivity index (χ2n) is 6.80. The molecule has 1 aliphatic heterocycles. The average molecular weight is 517 g/mol. The van der Waals surface area contributed by atoms with Crippen molar-refractivity contribution in [2.45, 2.75) is 30.0 Å². The first-order valence-corrected chi connectivity index (χ1v) is 12.1. The molecule has 1 aromatic carbocycles. The summed E-state index contributed by atoms with van der Waals surface area (Å²) in [6.07, 6.45) is 3.29. The topological polar surface area (TPSA) is 94.6 Å². The van der Waals surface area contributed by atoms with Gasteiger partial charge in [0.2, 0.25) is 0 Å². The number of likely N-dealkylation sites (tertiary alicyclic amines) is 1. The fourth-order valence-corrected chi connectivity index (χ4v) is 5.35. The number of anilines is 1. The molecule has 162 valence electrons. The Morgan fingerprint density at radius 3 is 2.80 bits per heavy atom. The largest absolute Gasteiger partial charge is 0.477 e. The molecule has 1 aromatic heterocycles. The molecule has 3 rings (SSSR count). The number of hydrogen-bond acceptors (Lipinski definition) is 6. The number of nitrogens with one attached hydrogen (secondary N) is 2. The highest BCUT2D eigenvalue weighted by Crippen LogP contribution is 2.34. The summed E-state index contributed by atoms with van der Waals surface area (Å²) in [6.45, 7) is 3.67. The van der Waals surface area contributed by atoms with E-state index in [1.165, 1.54) is 18.9 Å². The smallest absolute Gasteiger partial charge is 0.341 e. The van der Waals surface area contributed by atoms with Crippen molar-refractivity contribution in [1.82, 2.24) is 14.6 Å². The SMILES string of the molecule is O=C(NCCCN1CCCC1)Nc1snc(SCc2ccc(Br)cc2F)c1C(=O)O. The summed E-state index contributed by atoms with van der Waals surface area (Å²) in [4.78, 5) is 26.2. The quantitative estimate of drug-likeness (QED) is 0.332.